The summed E-state index contributed by atoms with van der Waals surface area (Å²) in [4.78, 5) is 4.41. The van der Waals surface area contributed by atoms with Crippen LogP contribution in [0.1, 0.15) is 13.8 Å². The number of fused-ring (bicyclic) bond motifs is 1. The summed E-state index contributed by atoms with van der Waals surface area (Å²) in [5.41, 5.74) is 2.14. The zero-order valence-electron chi connectivity index (χ0n) is 8.53. The van der Waals surface area contributed by atoms with Crippen molar-refractivity contribution >= 4 is 11.0 Å². The van der Waals surface area contributed by atoms with Gasteiger partial charge in [-0.2, -0.15) is 4.98 Å². The molecule has 3 nitrogen and oxygen atoms in total. The average Bonchev–Trinajstić information content (AvgIpc) is 2.55. The minimum atomic E-state index is 0.656. The van der Waals surface area contributed by atoms with E-state index in [1.807, 2.05) is 25.1 Å². The third kappa shape index (κ3) is 1.35. The highest BCUT2D eigenvalue weighted by molar-refractivity contribution is 5.76. The fraction of sp³-hybridized carbons (Fsp3) is 0.364. The number of nitrogens with zero attached hydrogens (tertiary/aromatic N) is 2. The van der Waals surface area contributed by atoms with Gasteiger partial charge in [0, 0.05) is 6.54 Å². The summed E-state index contributed by atoms with van der Waals surface area (Å²) in [5, 5.41) is 0. The first-order valence-electron chi connectivity index (χ1n) is 4.95. The third-order valence-corrected chi connectivity index (χ3v) is 2.21. The molecule has 0 aliphatic rings. The van der Waals surface area contributed by atoms with Crippen LogP contribution in [0, 0.1) is 0 Å². The minimum absolute atomic E-state index is 0.656. The quantitative estimate of drug-likeness (QED) is 0.743. The second kappa shape index (κ2) is 3.70. The molecular weight excluding hydrogens is 176 g/mol. The van der Waals surface area contributed by atoms with Crippen molar-refractivity contribution in [2.45, 2.75) is 20.4 Å². The van der Waals surface area contributed by atoms with E-state index in [0.29, 0.717) is 6.61 Å². The lowest BCUT2D eigenvalue weighted by Gasteiger charge is -2.04. The van der Waals surface area contributed by atoms with Crippen LogP contribution in [-0.4, -0.2) is 16.2 Å². The fourth-order valence-electron chi connectivity index (χ4n) is 1.60. The third-order valence-electron chi connectivity index (χ3n) is 2.21. The number of hydrogen-bond acceptors (Lipinski definition) is 2. The summed E-state index contributed by atoms with van der Waals surface area (Å²) in [7, 11) is 0. The normalized spacial score (nSPS) is 10.7. The number of aromatic nitrogens is 2. The Balaban J connectivity index is 2.60. The van der Waals surface area contributed by atoms with Crippen molar-refractivity contribution in [2.24, 2.45) is 0 Å². The van der Waals surface area contributed by atoms with Crippen LogP contribution >= 0.6 is 0 Å². The number of benzene rings is 1. The van der Waals surface area contributed by atoms with Crippen LogP contribution in [-0.2, 0) is 6.54 Å². The molecule has 0 unspecified atom stereocenters. The van der Waals surface area contributed by atoms with Gasteiger partial charge in [-0.25, -0.2) is 0 Å². The van der Waals surface area contributed by atoms with Crippen LogP contribution in [0.5, 0.6) is 6.01 Å². The maximum atomic E-state index is 5.46. The van der Waals surface area contributed by atoms with Crippen molar-refractivity contribution < 1.29 is 4.74 Å². The van der Waals surface area contributed by atoms with Gasteiger partial charge in [0.1, 0.15) is 0 Å². The minimum Gasteiger partial charge on any atom is -0.465 e. The Labute approximate surface area is 83.3 Å². The molecule has 0 saturated heterocycles. The first-order valence-corrected chi connectivity index (χ1v) is 4.95. The van der Waals surface area contributed by atoms with E-state index in [-0.39, 0.29) is 0 Å². The Hall–Kier alpha value is -1.51. The summed E-state index contributed by atoms with van der Waals surface area (Å²) in [6.45, 7) is 5.61. The number of rotatable bonds is 3. The molecule has 74 valence electrons. The molecule has 0 bridgehead atoms. The number of ether oxygens (including phenoxy) is 1. The van der Waals surface area contributed by atoms with E-state index in [1.165, 1.54) is 0 Å². The van der Waals surface area contributed by atoms with E-state index in [2.05, 4.69) is 22.5 Å². The lowest BCUT2D eigenvalue weighted by molar-refractivity contribution is 0.300. The first kappa shape index (κ1) is 9.06. The lowest BCUT2D eigenvalue weighted by atomic mass is 10.3. The molecule has 0 N–H and O–H groups in total. The average molecular weight is 190 g/mol. The number of hydrogen-bond donors (Lipinski definition) is 0. The van der Waals surface area contributed by atoms with Crippen molar-refractivity contribution in [1.82, 2.24) is 9.55 Å². The number of imidazole rings is 1. The van der Waals surface area contributed by atoms with Crippen molar-refractivity contribution in [2.75, 3.05) is 6.61 Å². The Morgan fingerprint density at radius 1 is 1.29 bits per heavy atom. The van der Waals surface area contributed by atoms with Gasteiger partial charge in [0.05, 0.1) is 17.6 Å². The lowest BCUT2D eigenvalue weighted by Crippen LogP contribution is -2.01. The fourth-order valence-corrected chi connectivity index (χ4v) is 1.60. The SMILES string of the molecule is CCOc1nc2ccccc2n1CC. The summed E-state index contributed by atoms with van der Waals surface area (Å²) in [5.74, 6) is 0. The highest BCUT2D eigenvalue weighted by Gasteiger charge is 2.08. The van der Waals surface area contributed by atoms with Crippen molar-refractivity contribution in [3.8, 4) is 6.01 Å². The van der Waals surface area contributed by atoms with Gasteiger partial charge >= 0.3 is 0 Å². The molecule has 2 aromatic rings. The summed E-state index contributed by atoms with van der Waals surface area (Å²) < 4.78 is 7.55. The summed E-state index contributed by atoms with van der Waals surface area (Å²) in [6, 6.07) is 8.80. The molecular formula is C11H14N2O. The summed E-state index contributed by atoms with van der Waals surface area (Å²) in [6.07, 6.45) is 0. The van der Waals surface area contributed by atoms with Crippen molar-refractivity contribution in [3.63, 3.8) is 0 Å². The van der Waals surface area contributed by atoms with Gasteiger partial charge in [-0.15, -0.1) is 0 Å². The van der Waals surface area contributed by atoms with E-state index >= 15 is 0 Å². The van der Waals surface area contributed by atoms with Gasteiger partial charge in [-0.05, 0) is 26.0 Å². The maximum Gasteiger partial charge on any atom is 0.297 e. The zero-order valence-corrected chi connectivity index (χ0v) is 8.53. The van der Waals surface area contributed by atoms with Gasteiger partial charge in [0.15, 0.2) is 0 Å². The Bertz CT molecular complexity index is 434. The maximum absolute atomic E-state index is 5.46. The van der Waals surface area contributed by atoms with Crippen LogP contribution in [0.25, 0.3) is 11.0 Å². The van der Waals surface area contributed by atoms with Crippen LogP contribution in [0.2, 0.25) is 0 Å². The molecule has 0 radical (unpaired) electrons. The Morgan fingerprint density at radius 2 is 2.07 bits per heavy atom. The second-order valence-corrected chi connectivity index (χ2v) is 3.06. The summed E-state index contributed by atoms with van der Waals surface area (Å²) >= 11 is 0. The van der Waals surface area contributed by atoms with Crippen molar-refractivity contribution in [1.29, 1.82) is 0 Å². The van der Waals surface area contributed by atoms with E-state index in [0.717, 1.165) is 23.6 Å². The highest BCUT2D eigenvalue weighted by atomic mass is 16.5. The Morgan fingerprint density at radius 3 is 2.79 bits per heavy atom. The topological polar surface area (TPSA) is 27.1 Å². The molecule has 0 amide bonds. The molecule has 0 aliphatic carbocycles. The molecule has 14 heavy (non-hydrogen) atoms. The molecule has 1 aromatic heterocycles. The van der Waals surface area contributed by atoms with Crippen LogP contribution < -0.4 is 4.74 Å². The van der Waals surface area contributed by atoms with E-state index in [9.17, 15) is 0 Å². The largest absolute Gasteiger partial charge is 0.465 e. The standard InChI is InChI=1S/C11H14N2O/c1-3-13-10-8-6-5-7-9(10)12-11(13)14-4-2/h5-8H,3-4H2,1-2H3. The van der Waals surface area contributed by atoms with E-state index < -0.39 is 0 Å². The smallest absolute Gasteiger partial charge is 0.297 e. The molecule has 1 heterocycles. The molecule has 1 aromatic carbocycles. The molecule has 3 heteroatoms. The van der Waals surface area contributed by atoms with Crippen LogP contribution in [0.4, 0.5) is 0 Å². The number of para-hydroxylation sites is 2. The van der Waals surface area contributed by atoms with Gasteiger partial charge < -0.3 is 4.74 Å². The highest BCUT2D eigenvalue weighted by Crippen LogP contribution is 2.20. The van der Waals surface area contributed by atoms with Crippen molar-refractivity contribution in [3.05, 3.63) is 24.3 Å². The van der Waals surface area contributed by atoms with E-state index in [1.54, 1.807) is 0 Å². The molecule has 2 rings (SSSR count). The zero-order chi connectivity index (χ0) is 9.97. The molecule has 0 saturated carbocycles. The predicted molar refractivity (Wildman–Crippen MR) is 56.6 cm³/mol. The monoisotopic (exact) mass is 190 g/mol. The molecule has 0 fully saturated rings. The predicted octanol–water partition coefficient (Wildman–Crippen LogP) is 2.45. The number of aryl methyl sites for hydroxylation is 1. The van der Waals surface area contributed by atoms with Gasteiger partial charge in [0.25, 0.3) is 6.01 Å². The molecule has 0 aliphatic heterocycles. The molecule has 0 spiro atoms. The van der Waals surface area contributed by atoms with Gasteiger partial charge in [-0.3, -0.25) is 4.57 Å². The Kier molecular flexibility index (Phi) is 2.39. The van der Waals surface area contributed by atoms with Crippen LogP contribution in [0.3, 0.4) is 0 Å². The van der Waals surface area contributed by atoms with Crippen LogP contribution in [0.15, 0.2) is 24.3 Å². The van der Waals surface area contributed by atoms with E-state index in [4.69, 9.17) is 4.74 Å². The first-order chi connectivity index (χ1) is 6.86. The van der Waals surface area contributed by atoms with Gasteiger partial charge in [0.2, 0.25) is 0 Å². The van der Waals surface area contributed by atoms with Gasteiger partial charge in [-0.1, -0.05) is 12.1 Å². The molecule has 0 atom stereocenters. The second-order valence-electron chi connectivity index (χ2n) is 3.06.